The zero-order valence-electron chi connectivity index (χ0n) is 13.0. The number of rotatable bonds is 7. The Morgan fingerprint density at radius 1 is 1.35 bits per heavy atom. The fourth-order valence-electron chi connectivity index (χ4n) is 2.59. The summed E-state index contributed by atoms with van der Waals surface area (Å²) in [6, 6.07) is 5.93. The number of nitrogens with one attached hydrogen (secondary N) is 1. The Morgan fingerprint density at radius 3 is 3.09 bits per heavy atom. The number of carbonyl (C=O) groups excluding carboxylic acids is 1. The third-order valence-electron chi connectivity index (χ3n) is 3.81. The second-order valence-electron chi connectivity index (χ2n) is 5.67. The highest BCUT2D eigenvalue weighted by atomic mass is 32.1. The third kappa shape index (κ3) is 5.11. The lowest BCUT2D eigenvalue weighted by Gasteiger charge is -2.09. The first-order chi connectivity index (χ1) is 11.3. The summed E-state index contributed by atoms with van der Waals surface area (Å²) in [6.07, 6.45) is 6.19. The van der Waals surface area contributed by atoms with E-state index < -0.39 is 0 Å². The highest BCUT2D eigenvalue weighted by molar-refractivity contribution is 7.09. The molecule has 1 amide bonds. The predicted octanol–water partition coefficient (Wildman–Crippen LogP) is 2.16. The van der Waals surface area contributed by atoms with Crippen molar-refractivity contribution in [2.24, 2.45) is 0 Å². The lowest BCUT2D eigenvalue weighted by molar-refractivity contribution is -0.121. The third-order valence-corrected chi connectivity index (χ3v) is 4.77. The molecule has 1 fully saturated rings. The van der Waals surface area contributed by atoms with E-state index in [1.165, 1.54) is 0 Å². The fourth-order valence-corrected chi connectivity index (χ4v) is 3.38. The molecule has 0 saturated carbocycles. The number of hydrogen-bond acceptors (Lipinski definition) is 5. The fraction of sp³-hybridized carbons (Fsp3) is 0.471. The average molecular weight is 331 g/mol. The van der Waals surface area contributed by atoms with Gasteiger partial charge in [0.1, 0.15) is 0 Å². The molecule has 122 valence electrons. The molecule has 1 unspecified atom stereocenters. The minimum atomic E-state index is 0.0158. The molecule has 0 aliphatic carbocycles. The molecule has 0 bridgehead atoms. The van der Waals surface area contributed by atoms with Crippen LogP contribution in [0.4, 0.5) is 0 Å². The first-order valence-electron chi connectivity index (χ1n) is 8.01. The van der Waals surface area contributed by atoms with Gasteiger partial charge in [-0.05, 0) is 31.4 Å². The predicted molar refractivity (Wildman–Crippen MR) is 89.4 cm³/mol. The van der Waals surface area contributed by atoms with E-state index in [2.05, 4.69) is 15.3 Å². The summed E-state index contributed by atoms with van der Waals surface area (Å²) < 4.78 is 5.50. The summed E-state index contributed by atoms with van der Waals surface area (Å²) in [4.78, 5) is 20.8. The van der Waals surface area contributed by atoms with Crippen molar-refractivity contribution in [3.63, 3.8) is 0 Å². The largest absolute Gasteiger partial charge is 0.376 e. The van der Waals surface area contributed by atoms with Gasteiger partial charge in [0.15, 0.2) is 0 Å². The Hall–Kier alpha value is -1.79. The van der Waals surface area contributed by atoms with Gasteiger partial charge in [-0.2, -0.15) is 0 Å². The van der Waals surface area contributed by atoms with E-state index >= 15 is 0 Å². The number of thiazole rings is 1. The van der Waals surface area contributed by atoms with Crippen LogP contribution < -0.4 is 5.32 Å². The van der Waals surface area contributed by atoms with Gasteiger partial charge in [0, 0.05) is 36.8 Å². The van der Waals surface area contributed by atoms with Crippen molar-refractivity contribution >= 4 is 17.2 Å². The van der Waals surface area contributed by atoms with Crippen molar-refractivity contribution < 1.29 is 9.53 Å². The van der Waals surface area contributed by atoms with Crippen LogP contribution in [0.15, 0.2) is 29.8 Å². The van der Waals surface area contributed by atoms with Crippen LogP contribution in [0, 0.1) is 0 Å². The molecular formula is C17H21N3O2S. The van der Waals surface area contributed by atoms with Crippen LogP contribution in [-0.4, -0.2) is 35.1 Å². The van der Waals surface area contributed by atoms with Crippen LogP contribution in [-0.2, 0) is 28.8 Å². The molecule has 1 aliphatic rings. The average Bonchev–Trinajstić information content (AvgIpc) is 3.24. The Balaban J connectivity index is 1.42. The maximum absolute atomic E-state index is 11.9. The molecule has 5 nitrogen and oxygen atoms in total. The van der Waals surface area contributed by atoms with Crippen LogP contribution in [0.25, 0.3) is 0 Å². The molecule has 1 N–H and O–H groups in total. The number of amides is 1. The van der Waals surface area contributed by atoms with E-state index in [0.717, 1.165) is 48.7 Å². The topological polar surface area (TPSA) is 64.1 Å². The van der Waals surface area contributed by atoms with Crippen molar-refractivity contribution in [3.8, 4) is 0 Å². The molecule has 0 radical (unpaired) electrons. The highest BCUT2D eigenvalue weighted by Gasteiger charge is 2.16. The van der Waals surface area contributed by atoms with Crippen LogP contribution in [0.3, 0.4) is 0 Å². The van der Waals surface area contributed by atoms with E-state index in [1.807, 2.05) is 23.6 Å². The van der Waals surface area contributed by atoms with Crippen molar-refractivity contribution in [2.75, 3.05) is 13.2 Å². The second-order valence-corrected chi connectivity index (χ2v) is 6.61. The number of aryl methyl sites for hydroxylation is 2. The molecule has 1 aliphatic heterocycles. The lowest BCUT2D eigenvalue weighted by Crippen LogP contribution is -2.32. The van der Waals surface area contributed by atoms with Crippen molar-refractivity contribution in [1.82, 2.24) is 15.3 Å². The monoisotopic (exact) mass is 331 g/mol. The van der Waals surface area contributed by atoms with E-state index in [-0.39, 0.29) is 12.0 Å². The van der Waals surface area contributed by atoms with E-state index in [4.69, 9.17) is 4.74 Å². The van der Waals surface area contributed by atoms with Crippen LogP contribution in [0.5, 0.6) is 0 Å². The number of aromatic nitrogens is 2. The Bertz CT molecular complexity index is 624. The summed E-state index contributed by atoms with van der Waals surface area (Å²) >= 11 is 1.61. The minimum Gasteiger partial charge on any atom is -0.376 e. The van der Waals surface area contributed by atoms with Crippen molar-refractivity contribution in [3.05, 3.63) is 46.2 Å². The smallest absolute Gasteiger partial charge is 0.226 e. The normalized spacial score (nSPS) is 17.3. The number of pyridine rings is 1. The minimum absolute atomic E-state index is 0.0158. The maximum atomic E-state index is 11.9. The van der Waals surface area contributed by atoms with Gasteiger partial charge >= 0.3 is 0 Å². The quantitative estimate of drug-likeness (QED) is 0.844. The molecule has 1 atom stereocenters. The number of ether oxygens (including phenoxy) is 1. The van der Waals surface area contributed by atoms with Gasteiger partial charge in [-0.25, -0.2) is 4.98 Å². The van der Waals surface area contributed by atoms with Gasteiger partial charge in [-0.15, -0.1) is 11.3 Å². The summed E-state index contributed by atoms with van der Waals surface area (Å²) in [6.45, 7) is 1.42. The summed E-state index contributed by atoms with van der Waals surface area (Å²) in [7, 11) is 0. The zero-order valence-corrected chi connectivity index (χ0v) is 13.8. The molecule has 3 heterocycles. The summed E-state index contributed by atoms with van der Waals surface area (Å²) in [5.74, 6) is 0.0158. The molecule has 6 heteroatoms. The van der Waals surface area contributed by atoms with Gasteiger partial charge in [-0.3, -0.25) is 9.78 Å². The number of nitrogens with zero attached hydrogens (tertiary/aromatic N) is 2. The summed E-state index contributed by atoms with van der Waals surface area (Å²) in [5.41, 5.74) is 1.91. The van der Waals surface area contributed by atoms with Crippen LogP contribution in [0.1, 0.15) is 29.2 Å². The number of carbonyl (C=O) groups is 1. The SMILES string of the molecule is O=C(Cc1csc(CCc2ccccn2)n1)NCC1CCCO1. The Morgan fingerprint density at radius 2 is 2.30 bits per heavy atom. The summed E-state index contributed by atoms with van der Waals surface area (Å²) in [5, 5.41) is 5.96. The lowest BCUT2D eigenvalue weighted by atomic mass is 10.2. The maximum Gasteiger partial charge on any atom is 0.226 e. The standard InChI is InChI=1S/C17H21N3O2S/c21-16(19-11-15-5-3-9-22-15)10-14-12-23-17(20-14)7-6-13-4-1-2-8-18-13/h1-2,4,8,12,15H,3,5-7,9-11H2,(H,19,21). The molecule has 23 heavy (non-hydrogen) atoms. The van der Waals surface area contributed by atoms with E-state index in [0.29, 0.717) is 13.0 Å². The van der Waals surface area contributed by atoms with Gasteiger partial charge in [0.05, 0.1) is 23.2 Å². The molecule has 0 spiro atoms. The van der Waals surface area contributed by atoms with Crippen LogP contribution in [0.2, 0.25) is 0 Å². The molecular weight excluding hydrogens is 310 g/mol. The van der Waals surface area contributed by atoms with Gasteiger partial charge in [-0.1, -0.05) is 6.07 Å². The van der Waals surface area contributed by atoms with Gasteiger partial charge < -0.3 is 10.1 Å². The van der Waals surface area contributed by atoms with Gasteiger partial charge in [0.25, 0.3) is 0 Å². The molecule has 1 saturated heterocycles. The Labute approximate surface area is 140 Å². The highest BCUT2D eigenvalue weighted by Crippen LogP contribution is 2.13. The first kappa shape index (κ1) is 16.1. The van der Waals surface area contributed by atoms with Crippen molar-refractivity contribution in [1.29, 1.82) is 0 Å². The van der Waals surface area contributed by atoms with E-state index in [9.17, 15) is 4.79 Å². The van der Waals surface area contributed by atoms with Crippen LogP contribution >= 0.6 is 11.3 Å². The Kier molecular flexibility index (Phi) is 5.71. The van der Waals surface area contributed by atoms with Crippen molar-refractivity contribution in [2.45, 2.75) is 38.2 Å². The molecule has 3 rings (SSSR count). The van der Waals surface area contributed by atoms with Gasteiger partial charge in [0.2, 0.25) is 5.91 Å². The first-order valence-corrected chi connectivity index (χ1v) is 8.89. The second kappa shape index (κ2) is 8.17. The molecule has 0 aromatic carbocycles. The van der Waals surface area contributed by atoms with E-state index in [1.54, 1.807) is 17.5 Å². The zero-order chi connectivity index (χ0) is 15.9. The molecule has 2 aromatic rings. The molecule has 2 aromatic heterocycles. The number of hydrogen-bond donors (Lipinski definition) is 1.